The van der Waals surface area contributed by atoms with Crippen LogP contribution < -0.4 is 0 Å². The second-order valence-corrected chi connectivity index (χ2v) is 5.50. The zero-order chi connectivity index (χ0) is 16.6. The molecule has 1 N–H and O–H groups in total. The van der Waals surface area contributed by atoms with Crippen LogP contribution in [0.15, 0.2) is 40.9 Å². The highest BCUT2D eigenvalue weighted by atomic mass is 16.5. The summed E-state index contributed by atoms with van der Waals surface area (Å²) in [6, 6.07) is 11.0. The second-order valence-electron chi connectivity index (χ2n) is 5.50. The average Bonchev–Trinajstić information content (AvgIpc) is 2.94. The molecule has 0 unspecified atom stereocenters. The summed E-state index contributed by atoms with van der Waals surface area (Å²) in [5, 5.41) is 13.1. The molecule has 3 rings (SSSR count). The lowest BCUT2D eigenvalue weighted by atomic mass is 9.93. The molecule has 0 saturated heterocycles. The van der Waals surface area contributed by atoms with Crippen LogP contribution in [0, 0.1) is 20.8 Å². The van der Waals surface area contributed by atoms with Crippen molar-refractivity contribution in [3.05, 3.63) is 59.0 Å². The molecular weight excluding hydrogens is 292 g/mol. The van der Waals surface area contributed by atoms with Crippen LogP contribution in [0.4, 0.5) is 0 Å². The van der Waals surface area contributed by atoms with Crippen LogP contribution >= 0.6 is 0 Å². The highest BCUT2D eigenvalue weighted by Gasteiger charge is 2.12. The second kappa shape index (κ2) is 5.68. The number of rotatable bonds is 3. The number of aromatic nitrogens is 2. The van der Waals surface area contributed by atoms with Crippen molar-refractivity contribution in [1.82, 2.24) is 10.1 Å². The van der Waals surface area contributed by atoms with Gasteiger partial charge in [-0.3, -0.25) is 0 Å². The van der Waals surface area contributed by atoms with E-state index >= 15 is 0 Å². The summed E-state index contributed by atoms with van der Waals surface area (Å²) in [7, 11) is 0. The maximum absolute atomic E-state index is 11.2. The third-order valence-corrected chi connectivity index (χ3v) is 3.79. The van der Waals surface area contributed by atoms with E-state index in [1.54, 1.807) is 19.1 Å². The van der Waals surface area contributed by atoms with Crippen molar-refractivity contribution in [2.75, 3.05) is 0 Å². The lowest BCUT2D eigenvalue weighted by Gasteiger charge is -2.11. The van der Waals surface area contributed by atoms with E-state index in [2.05, 4.69) is 10.1 Å². The Morgan fingerprint density at radius 3 is 2.39 bits per heavy atom. The molecule has 0 amide bonds. The smallest absolute Gasteiger partial charge is 0.335 e. The molecule has 5 heteroatoms. The largest absolute Gasteiger partial charge is 0.478 e. The number of carboxylic acids is 1. The molecule has 23 heavy (non-hydrogen) atoms. The van der Waals surface area contributed by atoms with E-state index in [0.717, 1.165) is 27.8 Å². The number of carbonyl (C=O) groups is 1. The summed E-state index contributed by atoms with van der Waals surface area (Å²) < 4.78 is 5.01. The zero-order valence-corrected chi connectivity index (χ0v) is 13.1. The van der Waals surface area contributed by atoms with Gasteiger partial charge < -0.3 is 9.63 Å². The van der Waals surface area contributed by atoms with Crippen molar-refractivity contribution in [3.63, 3.8) is 0 Å². The minimum Gasteiger partial charge on any atom is -0.478 e. The average molecular weight is 308 g/mol. The first-order valence-corrected chi connectivity index (χ1v) is 7.21. The predicted molar refractivity (Wildman–Crippen MR) is 86.3 cm³/mol. The van der Waals surface area contributed by atoms with Gasteiger partial charge in [0.2, 0.25) is 11.7 Å². The maximum atomic E-state index is 11.2. The summed E-state index contributed by atoms with van der Waals surface area (Å²) in [4.78, 5) is 15.4. The Morgan fingerprint density at radius 2 is 1.78 bits per heavy atom. The van der Waals surface area contributed by atoms with Gasteiger partial charge in [-0.15, -0.1) is 0 Å². The molecule has 0 saturated carbocycles. The Kier molecular flexibility index (Phi) is 3.70. The maximum Gasteiger partial charge on any atom is 0.335 e. The molecule has 0 aliphatic carbocycles. The number of aromatic carboxylic acids is 1. The molecule has 0 bridgehead atoms. The van der Waals surface area contributed by atoms with Crippen molar-refractivity contribution in [2.45, 2.75) is 20.8 Å². The number of carboxylic acid groups (broad SMARTS) is 1. The van der Waals surface area contributed by atoms with Gasteiger partial charge in [0.05, 0.1) is 5.56 Å². The molecule has 116 valence electrons. The molecule has 1 aromatic heterocycles. The van der Waals surface area contributed by atoms with Crippen LogP contribution in [0.3, 0.4) is 0 Å². The van der Waals surface area contributed by atoms with Crippen molar-refractivity contribution in [2.24, 2.45) is 0 Å². The van der Waals surface area contributed by atoms with Crippen molar-refractivity contribution < 1.29 is 14.4 Å². The Balaban J connectivity index is 2.08. The van der Waals surface area contributed by atoms with E-state index in [4.69, 9.17) is 4.52 Å². The Bertz CT molecular complexity index is 897. The molecule has 1 heterocycles. The van der Waals surface area contributed by atoms with Crippen molar-refractivity contribution >= 4 is 5.97 Å². The monoisotopic (exact) mass is 308 g/mol. The van der Waals surface area contributed by atoms with Crippen LogP contribution in [-0.2, 0) is 0 Å². The van der Waals surface area contributed by atoms with Crippen LogP contribution in [0.1, 0.15) is 27.4 Å². The fourth-order valence-corrected chi connectivity index (χ4v) is 2.57. The first kappa shape index (κ1) is 15.0. The van der Waals surface area contributed by atoms with Gasteiger partial charge in [-0.1, -0.05) is 23.4 Å². The number of hydrogen-bond acceptors (Lipinski definition) is 4. The highest BCUT2D eigenvalue weighted by Crippen LogP contribution is 2.30. The number of aryl methyl sites for hydroxylation is 3. The van der Waals surface area contributed by atoms with Crippen molar-refractivity contribution in [1.29, 1.82) is 0 Å². The standard InChI is InChI=1S/C18H16N2O3/c1-10-4-5-14(18(21)22)9-16(10)15-7-6-13(8-11(15)2)17-19-12(3)23-20-17/h4-9H,1-3H3,(H,21,22). The first-order chi connectivity index (χ1) is 11.0. The van der Waals surface area contributed by atoms with Gasteiger partial charge in [0.1, 0.15) is 0 Å². The molecule has 0 atom stereocenters. The van der Waals surface area contributed by atoms with E-state index in [0.29, 0.717) is 11.7 Å². The van der Waals surface area contributed by atoms with Gasteiger partial charge in [0.15, 0.2) is 0 Å². The van der Waals surface area contributed by atoms with E-state index in [9.17, 15) is 9.90 Å². The van der Waals surface area contributed by atoms with E-state index < -0.39 is 5.97 Å². The molecule has 0 spiro atoms. The fourth-order valence-electron chi connectivity index (χ4n) is 2.57. The molecule has 0 fully saturated rings. The minimum absolute atomic E-state index is 0.280. The molecule has 3 aromatic rings. The number of benzene rings is 2. The minimum atomic E-state index is -0.928. The van der Waals surface area contributed by atoms with E-state index in [1.807, 2.05) is 38.1 Å². The third kappa shape index (κ3) is 2.85. The first-order valence-electron chi connectivity index (χ1n) is 7.21. The van der Waals surface area contributed by atoms with E-state index in [-0.39, 0.29) is 5.56 Å². The van der Waals surface area contributed by atoms with Gasteiger partial charge >= 0.3 is 5.97 Å². The fraction of sp³-hybridized carbons (Fsp3) is 0.167. The van der Waals surface area contributed by atoms with Gasteiger partial charge in [-0.2, -0.15) is 4.98 Å². The molecule has 0 aliphatic rings. The Morgan fingerprint density at radius 1 is 1.00 bits per heavy atom. The third-order valence-electron chi connectivity index (χ3n) is 3.79. The highest BCUT2D eigenvalue weighted by molar-refractivity contribution is 5.90. The van der Waals surface area contributed by atoms with Crippen LogP contribution in [-0.4, -0.2) is 21.2 Å². The van der Waals surface area contributed by atoms with Gasteiger partial charge in [-0.05, 0) is 54.3 Å². The summed E-state index contributed by atoms with van der Waals surface area (Å²) in [6.07, 6.45) is 0. The Labute approximate surface area is 133 Å². The molecule has 0 aliphatic heterocycles. The lowest BCUT2D eigenvalue weighted by Crippen LogP contribution is -1.98. The zero-order valence-electron chi connectivity index (χ0n) is 13.1. The van der Waals surface area contributed by atoms with Crippen LogP contribution in [0.25, 0.3) is 22.5 Å². The van der Waals surface area contributed by atoms with Crippen LogP contribution in [0.5, 0.6) is 0 Å². The number of hydrogen-bond donors (Lipinski definition) is 1. The molecule has 5 nitrogen and oxygen atoms in total. The summed E-state index contributed by atoms with van der Waals surface area (Å²) in [5.41, 5.74) is 5.11. The summed E-state index contributed by atoms with van der Waals surface area (Å²) >= 11 is 0. The molecular formula is C18H16N2O3. The van der Waals surface area contributed by atoms with Crippen molar-refractivity contribution in [3.8, 4) is 22.5 Å². The number of nitrogens with zero attached hydrogens (tertiary/aromatic N) is 2. The van der Waals surface area contributed by atoms with Crippen LogP contribution in [0.2, 0.25) is 0 Å². The predicted octanol–water partition coefficient (Wildman–Crippen LogP) is 4.03. The Hall–Kier alpha value is -2.95. The SMILES string of the molecule is Cc1nc(-c2ccc(-c3cc(C(=O)O)ccc3C)c(C)c2)no1. The van der Waals surface area contributed by atoms with E-state index in [1.165, 1.54) is 0 Å². The normalized spacial score (nSPS) is 10.7. The lowest BCUT2D eigenvalue weighted by molar-refractivity contribution is 0.0697. The van der Waals surface area contributed by atoms with Gasteiger partial charge in [-0.25, -0.2) is 4.79 Å². The summed E-state index contributed by atoms with van der Waals surface area (Å²) in [5.74, 6) is 0.141. The topological polar surface area (TPSA) is 76.2 Å². The molecule has 0 radical (unpaired) electrons. The molecule has 2 aromatic carbocycles. The quantitative estimate of drug-likeness (QED) is 0.790. The van der Waals surface area contributed by atoms with Gasteiger partial charge in [0.25, 0.3) is 0 Å². The summed E-state index contributed by atoms with van der Waals surface area (Å²) in [6.45, 7) is 5.70. The van der Waals surface area contributed by atoms with Gasteiger partial charge in [0, 0.05) is 12.5 Å².